The molecule has 3 rings (SSSR count). The van der Waals surface area contributed by atoms with Gasteiger partial charge in [-0.2, -0.15) is 0 Å². The van der Waals surface area contributed by atoms with Crippen molar-refractivity contribution in [1.82, 2.24) is 0 Å². The van der Waals surface area contributed by atoms with Gasteiger partial charge in [0, 0.05) is 52.0 Å². The summed E-state index contributed by atoms with van der Waals surface area (Å²) < 4.78 is 0. The van der Waals surface area contributed by atoms with E-state index in [2.05, 4.69) is 121 Å². The van der Waals surface area contributed by atoms with Gasteiger partial charge in [-0.05, 0) is 76.0 Å². The summed E-state index contributed by atoms with van der Waals surface area (Å²) in [5.41, 5.74) is 5.60. The minimum absolute atomic E-state index is 0. The fraction of sp³-hybridized carbons (Fsp3) is 0.660. The first-order valence-electron chi connectivity index (χ1n) is 20.0. The maximum Gasteiger partial charge on any atom is 0.503 e. The molecule has 7 nitrogen and oxygen atoms in total. The Bertz CT molecular complexity index is 1450. The summed E-state index contributed by atoms with van der Waals surface area (Å²) in [5, 5.41) is 37.1. The average molecular weight is 802 g/mol. The van der Waals surface area contributed by atoms with Crippen LogP contribution in [0.15, 0.2) is 34.3 Å². The summed E-state index contributed by atoms with van der Waals surface area (Å²) in [5.74, 6) is 0.663. The van der Waals surface area contributed by atoms with Crippen LogP contribution in [0.2, 0.25) is 0 Å². The van der Waals surface area contributed by atoms with E-state index in [9.17, 15) is 10.2 Å². The fourth-order valence-corrected chi connectivity index (χ4v) is 7.45. The van der Waals surface area contributed by atoms with Crippen LogP contribution in [-0.2, 0) is 39.0 Å². The number of unbranched alkanes of at least 4 members (excludes halogenated alkanes) is 4. The number of hydrogen-bond donors (Lipinski definition) is 4. The van der Waals surface area contributed by atoms with Crippen LogP contribution in [0.5, 0.6) is 11.5 Å². The van der Waals surface area contributed by atoms with E-state index in [0.29, 0.717) is 11.5 Å². The quantitative estimate of drug-likeness (QED) is 0.0967. The van der Waals surface area contributed by atoms with E-state index in [4.69, 9.17) is 25.0 Å². The molecule has 8 heteroatoms. The molecule has 1 aliphatic rings. The monoisotopic (exact) mass is 802 g/mol. The van der Waals surface area contributed by atoms with Gasteiger partial charge in [-0.3, -0.25) is 9.98 Å². The number of benzene rings is 2. The molecule has 0 heterocycles. The van der Waals surface area contributed by atoms with Crippen molar-refractivity contribution in [2.75, 3.05) is 0 Å². The van der Waals surface area contributed by atoms with Crippen molar-refractivity contribution in [3.8, 4) is 11.5 Å². The molecule has 2 unspecified atom stereocenters. The Kier molecular flexibility index (Phi) is 20.0. The van der Waals surface area contributed by atoms with Crippen molar-refractivity contribution < 1.29 is 42.6 Å². The molecule has 0 aromatic heterocycles. The van der Waals surface area contributed by atoms with E-state index in [1.54, 1.807) is 0 Å². The van der Waals surface area contributed by atoms with Gasteiger partial charge in [0.15, 0.2) is 0 Å². The van der Waals surface area contributed by atoms with Gasteiger partial charge in [0.05, 0.1) is 12.1 Å². The molecule has 2 aromatic carbocycles. The van der Waals surface area contributed by atoms with Gasteiger partial charge in [-0.15, -0.1) is 0 Å². The summed E-state index contributed by atoms with van der Waals surface area (Å²) in [6.45, 7) is 30.9. The molecule has 2 aromatic rings. The van der Waals surface area contributed by atoms with Crippen LogP contribution in [0.3, 0.4) is 0 Å². The molecule has 312 valence electrons. The number of carbonyl (C=O) groups is 1. The molecule has 0 amide bonds. The second kappa shape index (κ2) is 21.1. The smallest absolute Gasteiger partial charge is 0.503 e. The maximum atomic E-state index is 11.6. The molecule has 4 N–H and O–H groups in total. The number of aromatic hydroxyl groups is 2. The van der Waals surface area contributed by atoms with Crippen molar-refractivity contribution >= 4 is 18.6 Å². The predicted octanol–water partition coefficient (Wildman–Crippen LogP) is 13.2. The van der Waals surface area contributed by atoms with Crippen molar-refractivity contribution in [3.63, 3.8) is 0 Å². The Morgan fingerprint density at radius 2 is 0.945 bits per heavy atom. The normalized spacial score (nSPS) is 17.4. The Hall–Kier alpha value is -2.82. The van der Waals surface area contributed by atoms with Crippen LogP contribution in [0.4, 0.5) is 4.79 Å². The maximum absolute atomic E-state index is 11.6. The fourth-order valence-electron chi connectivity index (χ4n) is 7.45. The minimum atomic E-state index is -1.83. The van der Waals surface area contributed by atoms with Crippen molar-refractivity contribution in [2.24, 2.45) is 15.4 Å². The summed E-state index contributed by atoms with van der Waals surface area (Å²) >= 11 is 0. The third kappa shape index (κ3) is 15.6. The number of carboxylic acid groups (broad SMARTS) is 2. The minimum Gasteiger partial charge on any atom is -0.507 e. The Morgan fingerprint density at radius 3 is 1.20 bits per heavy atom. The van der Waals surface area contributed by atoms with Crippen LogP contribution in [0.25, 0.3) is 0 Å². The molecule has 0 bridgehead atoms. The van der Waals surface area contributed by atoms with Crippen LogP contribution >= 0.6 is 0 Å². The van der Waals surface area contributed by atoms with E-state index < -0.39 is 6.16 Å². The first-order chi connectivity index (χ1) is 24.3. The zero-order valence-electron chi connectivity index (χ0n) is 37.2. The molecular weight excluding hydrogens is 725 g/mol. The zero-order valence-corrected chi connectivity index (χ0v) is 38.5. The van der Waals surface area contributed by atoms with Crippen molar-refractivity contribution in [2.45, 2.75) is 195 Å². The molecule has 2 atom stereocenters. The topological polar surface area (TPSA) is 123 Å². The Balaban J connectivity index is 0.00000462. The van der Waals surface area contributed by atoms with E-state index in [-0.39, 0.29) is 63.9 Å². The second-order valence-electron chi connectivity index (χ2n) is 19.7. The van der Waals surface area contributed by atoms with E-state index in [0.717, 1.165) is 35.1 Å². The van der Waals surface area contributed by atoms with Crippen molar-refractivity contribution in [3.05, 3.63) is 65.1 Å². The number of rotatable bonds is 12. The third-order valence-corrected chi connectivity index (χ3v) is 10.8. The molecule has 0 radical (unpaired) electrons. The predicted molar refractivity (Wildman–Crippen MR) is 231 cm³/mol. The van der Waals surface area contributed by atoms with Crippen LogP contribution in [0, 0.1) is 12.8 Å². The molecule has 0 saturated heterocycles. The summed E-state index contributed by atoms with van der Waals surface area (Å²) in [6.07, 6.45) is 13.9. The van der Waals surface area contributed by atoms with Gasteiger partial charge in [0.1, 0.15) is 11.5 Å². The molecule has 1 aliphatic carbocycles. The van der Waals surface area contributed by atoms with Gasteiger partial charge >= 0.3 is 6.16 Å². The van der Waals surface area contributed by atoms with Crippen LogP contribution < -0.4 is 0 Å². The van der Waals surface area contributed by atoms with Gasteiger partial charge in [-0.25, -0.2) is 4.79 Å². The standard InChI is InChI=1S/C45H72N2O2.CH2O3.CH3.Cr/c1-15-17-19-21-45(22-20-18-16-2)27-37(46-29-31-23-33(41(3,4)5)25-35(39(31)48)43(9,10)11)38(28-45)47-30-32-24-34(42(6,7)8)26-36(40(32)49)44(12,13)14;2-1(3)4;;/h23-26,29-30,37-38,48-49H,15-22,27-28H2,1-14H3;(H2,2,3,4);1H3;/q;;-1;. The van der Waals surface area contributed by atoms with E-state index in [1.165, 1.54) is 62.5 Å². The largest absolute Gasteiger partial charge is 0.507 e. The van der Waals surface area contributed by atoms with Gasteiger partial charge in [-0.1, -0.05) is 148 Å². The van der Waals surface area contributed by atoms with Gasteiger partial charge < -0.3 is 27.9 Å². The van der Waals surface area contributed by atoms with E-state index >= 15 is 0 Å². The Morgan fingerprint density at radius 1 is 0.636 bits per heavy atom. The third-order valence-electron chi connectivity index (χ3n) is 10.8. The number of phenolic OH excluding ortho intramolecular Hbond substituents is 2. The zero-order chi connectivity index (χ0) is 40.6. The first kappa shape index (κ1) is 52.2. The molecule has 0 spiro atoms. The van der Waals surface area contributed by atoms with Gasteiger partial charge in [0.2, 0.25) is 0 Å². The summed E-state index contributed by atoms with van der Waals surface area (Å²) in [4.78, 5) is 19.2. The summed E-state index contributed by atoms with van der Waals surface area (Å²) in [7, 11) is 0. The molecular formula is C47H77CrN2O5-. The number of nitrogens with zero attached hydrogens (tertiary/aromatic N) is 2. The van der Waals surface area contributed by atoms with E-state index in [1.807, 2.05) is 12.4 Å². The number of phenols is 2. The summed E-state index contributed by atoms with van der Waals surface area (Å²) in [6, 6.07) is 8.61. The first-order valence-corrected chi connectivity index (χ1v) is 20.0. The average Bonchev–Trinajstić information content (AvgIpc) is 3.35. The Labute approximate surface area is 346 Å². The van der Waals surface area contributed by atoms with Crippen LogP contribution in [0.1, 0.15) is 195 Å². The van der Waals surface area contributed by atoms with Gasteiger partial charge in [0.25, 0.3) is 0 Å². The van der Waals surface area contributed by atoms with Crippen LogP contribution in [-0.4, -0.2) is 51.1 Å². The molecule has 55 heavy (non-hydrogen) atoms. The SMILES string of the molecule is CCCCCC1(CCCCC)CC(N=Cc2cc(C(C)(C)C)cc(C(C)(C)C)c2O)C(N=Cc2cc(C(C)(C)C)cc(C(C)(C)C)c2O)C1.O=C(O)O.[CH3-].[Cr]. The number of aliphatic imine (C=N–C) groups is 2. The second-order valence-corrected chi connectivity index (χ2v) is 19.7. The molecule has 1 fully saturated rings. The number of hydrogen-bond acceptors (Lipinski definition) is 5. The van der Waals surface area contributed by atoms with Crippen molar-refractivity contribution in [1.29, 1.82) is 0 Å². The molecule has 1 saturated carbocycles. The molecule has 0 aliphatic heterocycles.